The highest BCUT2D eigenvalue weighted by Gasteiger charge is 2.55. The van der Waals surface area contributed by atoms with E-state index in [0.717, 1.165) is 29.7 Å². The molecule has 2 aliphatic rings. The molecule has 35 heavy (non-hydrogen) atoms. The molecule has 0 saturated carbocycles. The molecule has 7 nitrogen and oxygen atoms in total. The van der Waals surface area contributed by atoms with E-state index in [0.29, 0.717) is 25.7 Å². The van der Waals surface area contributed by atoms with Crippen LogP contribution in [0.5, 0.6) is 11.5 Å². The van der Waals surface area contributed by atoms with Gasteiger partial charge in [-0.15, -0.1) is 0 Å². The second-order valence-corrected chi connectivity index (χ2v) is 10.2. The van der Waals surface area contributed by atoms with Crippen LogP contribution in [0.3, 0.4) is 0 Å². The Morgan fingerprint density at radius 2 is 1.77 bits per heavy atom. The Bertz CT molecular complexity index is 996. The minimum atomic E-state index is -0.374. The molecular weight excluding hydrogens is 442 g/mol. The quantitative estimate of drug-likeness (QED) is 0.414. The first-order valence-electron chi connectivity index (χ1n) is 12.8. The normalized spacial score (nSPS) is 23.9. The number of ether oxygens (including phenoxy) is 2. The summed E-state index contributed by atoms with van der Waals surface area (Å²) in [6, 6.07) is 14.7. The number of likely N-dealkylation sites (tertiary alicyclic amines) is 1. The lowest BCUT2D eigenvalue weighted by atomic mass is 9.83. The molecule has 2 aromatic rings. The van der Waals surface area contributed by atoms with Gasteiger partial charge >= 0.3 is 0 Å². The number of nitrogens with zero attached hydrogens (tertiary/aromatic N) is 1. The molecule has 0 radical (unpaired) electrons. The third-order valence-electron chi connectivity index (χ3n) is 6.84. The maximum absolute atomic E-state index is 13.6. The largest absolute Gasteiger partial charge is 0.508 e. The molecule has 2 heterocycles. The molecule has 2 aliphatic heterocycles. The minimum absolute atomic E-state index is 0.0705. The van der Waals surface area contributed by atoms with Crippen molar-refractivity contribution in [3.8, 4) is 11.5 Å². The summed E-state index contributed by atoms with van der Waals surface area (Å²) in [6.07, 6.45) is 1.91. The summed E-state index contributed by atoms with van der Waals surface area (Å²) in [5.74, 6) is 1.60. The fourth-order valence-electron chi connectivity index (χ4n) is 5.12. The Hall–Kier alpha value is -2.61. The Morgan fingerprint density at radius 1 is 1.00 bits per heavy atom. The van der Waals surface area contributed by atoms with Crippen molar-refractivity contribution in [2.45, 2.75) is 64.8 Å². The van der Waals surface area contributed by atoms with Crippen molar-refractivity contribution >= 4 is 5.91 Å². The van der Waals surface area contributed by atoms with Gasteiger partial charge in [-0.05, 0) is 56.4 Å². The number of carbonyl (C=O) groups excluding carboxylic acids is 1. The van der Waals surface area contributed by atoms with Crippen LogP contribution in [0.2, 0.25) is 0 Å². The van der Waals surface area contributed by atoms with E-state index in [1.165, 1.54) is 0 Å². The van der Waals surface area contributed by atoms with E-state index in [2.05, 4.69) is 36.8 Å². The van der Waals surface area contributed by atoms with Crippen molar-refractivity contribution in [3.05, 3.63) is 59.7 Å². The van der Waals surface area contributed by atoms with Gasteiger partial charge in [0, 0.05) is 24.6 Å². The summed E-state index contributed by atoms with van der Waals surface area (Å²) in [5, 5.41) is 10.6. The summed E-state index contributed by atoms with van der Waals surface area (Å²) in [6.45, 7) is 10.3. The van der Waals surface area contributed by atoms with Gasteiger partial charge in [0.25, 0.3) is 0 Å². The molecule has 2 saturated heterocycles. The molecule has 4 rings (SSSR count). The Labute approximate surface area is 208 Å². The third kappa shape index (κ3) is 5.80. The molecule has 4 atom stereocenters. The average molecular weight is 482 g/mol. The molecular formula is C28H39N3O4. The maximum Gasteiger partial charge on any atom is 0.242 e. The third-order valence-corrected chi connectivity index (χ3v) is 6.84. The van der Waals surface area contributed by atoms with Crippen molar-refractivity contribution in [1.29, 1.82) is 0 Å². The zero-order valence-corrected chi connectivity index (χ0v) is 21.2. The van der Waals surface area contributed by atoms with Gasteiger partial charge in [0.1, 0.15) is 17.5 Å². The maximum atomic E-state index is 13.6. The van der Waals surface area contributed by atoms with Crippen LogP contribution in [0.25, 0.3) is 0 Å². The fourth-order valence-corrected chi connectivity index (χ4v) is 5.12. The number of phenols is 1. The number of amides is 1. The molecule has 4 unspecified atom stereocenters. The van der Waals surface area contributed by atoms with E-state index in [1.54, 1.807) is 6.07 Å². The highest BCUT2D eigenvalue weighted by molar-refractivity contribution is 5.86. The van der Waals surface area contributed by atoms with Crippen LogP contribution in [-0.4, -0.2) is 47.8 Å². The molecule has 0 spiro atoms. The molecule has 3 N–H and O–H groups in total. The van der Waals surface area contributed by atoms with Gasteiger partial charge in [0.2, 0.25) is 5.91 Å². The lowest BCUT2D eigenvalue weighted by molar-refractivity contribution is -0.131. The predicted molar refractivity (Wildman–Crippen MR) is 136 cm³/mol. The van der Waals surface area contributed by atoms with Gasteiger partial charge in [-0.25, -0.2) is 10.9 Å². The number of hydrogen-bond donors (Lipinski definition) is 3. The second-order valence-electron chi connectivity index (χ2n) is 10.2. The molecule has 0 bridgehead atoms. The number of hydrazine groups is 1. The van der Waals surface area contributed by atoms with Gasteiger partial charge in [-0.1, -0.05) is 44.2 Å². The Kier molecular flexibility index (Phi) is 8.31. The van der Waals surface area contributed by atoms with Gasteiger partial charge in [-0.2, -0.15) is 0 Å². The number of benzene rings is 2. The first-order chi connectivity index (χ1) is 16.9. The number of phenolic OH excluding ortho intramolecular Hbond substituents is 1. The highest BCUT2D eigenvalue weighted by Crippen LogP contribution is 2.48. The van der Waals surface area contributed by atoms with E-state index in [4.69, 9.17) is 9.47 Å². The van der Waals surface area contributed by atoms with Crippen LogP contribution in [-0.2, 0) is 9.53 Å². The second kappa shape index (κ2) is 11.4. The number of para-hydroxylation sites is 1. The van der Waals surface area contributed by atoms with Gasteiger partial charge in [-0.3, -0.25) is 4.79 Å². The summed E-state index contributed by atoms with van der Waals surface area (Å²) < 4.78 is 11.8. The van der Waals surface area contributed by atoms with Crippen molar-refractivity contribution in [2.24, 2.45) is 11.8 Å². The Balaban J connectivity index is 1.63. The van der Waals surface area contributed by atoms with Crippen LogP contribution in [0.15, 0.2) is 48.5 Å². The van der Waals surface area contributed by atoms with Crippen molar-refractivity contribution < 1.29 is 19.4 Å². The van der Waals surface area contributed by atoms with Crippen LogP contribution in [0.4, 0.5) is 0 Å². The first kappa shape index (κ1) is 25.5. The monoisotopic (exact) mass is 481 g/mol. The zero-order valence-electron chi connectivity index (χ0n) is 21.2. The van der Waals surface area contributed by atoms with Gasteiger partial charge < -0.3 is 19.5 Å². The highest BCUT2D eigenvalue weighted by atomic mass is 16.5. The van der Waals surface area contributed by atoms with E-state index in [9.17, 15) is 9.90 Å². The molecule has 2 aromatic carbocycles. The van der Waals surface area contributed by atoms with Crippen LogP contribution in [0.1, 0.15) is 63.7 Å². The zero-order chi connectivity index (χ0) is 24.9. The lowest BCUT2D eigenvalue weighted by Crippen LogP contribution is -2.41. The Morgan fingerprint density at radius 3 is 2.51 bits per heavy atom. The van der Waals surface area contributed by atoms with E-state index < -0.39 is 0 Å². The standard InChI is InChI=1S/C28H39N3O4/c1-18(2)13-16-35-21-10-7-9-20(17-21)27-24-25(22-11-5-6-12-23(22)32)29-30-26(24)28(33)31(27)14-8-15-34-19(3)4/h5-7,9-12,17-19,24-27,29-30,32H,8,13-16H2,1-4H3. The molecule has 2 fully saturated rings. The average Bonchev–Trinajstić information content (AvgIpc) is 3.36. The van der Waals surface area contributed by atoms with Crippen molar-refractivity contribution in [3.63, 3.8) is 0 Å². The SMILES string of the molecule is CC(C)CCOc1cccc(C2C3C(NNC3c3ccccc3O)C(=O)N2CCCOC(C)C)c1. The molecule has 0 aromatic heterocycles. The van der Waals surface area contributed by atoms with Crippen LogP contribution >= 0.6 is 0 Å². The number of rotatable bonds is 11. The number of fused-ring (bicyclic) bond motifs is 1. The predicted octanol–water partition coefficient (Wildman–Crippen LogP) is 4.35. The number of hydrogen-bond acceptors (Lipinski definition) is 6. The topological polar surface area (TPSA) is 83.1 Å². The summed E-state index contributed by atoms with van der Waals surface area (Å²) in [5.41, 5.74) is 8.36. The smallest absolute Gasteiger partial charge is 0.242 e. The summed E-state index contributed by atoms with van der Waals surface area (Å²) >= 11 is 0. The van der Waals surface area contributed by atoms with Crippen LogP contribution < -0.4 is 15.6 Å². The first-order valence-corrected chi connectivity index (χ1v) is 12.8. The molecule has 0 aliphatic carbocycles. The number of carbonyl (C=O) groups is 1. The lowest BCUT2D eigenvalue weighted by Gasteiger charge is -2.31. The molecule has 190 valence electrons. The minimum Gasteiger partial charge on any atom is -0.508 e. The summed E-state index contributed by atoms with van der Waals surface area (Å²) in [7, 11) is 0. The van der Waals surface area contributed by atoms with Gasteiger partial charge in [0.15, 0.2) is 0 Å². The molecule has 1 amide bonds. The van der Waals surface area contributed by atoms with Crippen molar-refractivity contribution in [1.82, 2.24) is 15.8 Å². The number of nitrogens with one attached hydrogen (secondary N) is 2. The van der Waals surface area contributed by atoms with E-state index in [-0.39, 0.29) is 41.8 Å². The van der Waals surface area contributed by atoms with E-state index in [1.807, 2.05) is 49.1 Å². The van der Waals surface area contributed by atoms with Crippen LogP contribution in [0, 0.1) is 11.8 Å². The van der Waals surface area contributed by atoms with Crippen molar-refractivity contribution in [2.75, 3.05) is 19.8 Å². The fraction of sp³-hybridized carbons (Fsp3) is 0.536. The van der Waals surface area contributed by atoms with Gasteiger partial charge in [0.05, 0.1) is 24.8 Å². The van der Waals surface area contributed by atoms with E-state index >= 15 is 0 Å². The number of aromatic hydroxyl groups is 1. The molecule has 7 heteroatoms. The summed E-state index contributed by atoms with van der Waals surface area (Å²) in [4.78, 5) is 15.6.